The fourth-order valence-corrected chi connectivity index (χ4v) is 2.06. The van der Waals surface area contributed by atoms with Crippen molar-refractivity contribution in [2.75, 3.05) is 11.1 Å². The number of hydrogen-bond donors (Lipinski definition) is 5. The topological polar surface area (TPSA) is 107 Å². The van der Waals surface area contributed by atoms with E-state index in [9.17, 15) is 9.90 Å². The van der Waals surface area contributed by atoms with E-state index in [2.05, 4.69) is 22.1 Å². The normalized spacial score (nSPS) is 10.1. The molecule has 1 aromatic heterocycles. The predicted molar refractivity (Wildman–Crippen MR) is 98.4 cm³/mol. The molecule has 0 aliphatic carbocycles. The molecule has 2 aromatic carbocycles. The smallest absolute Gasteiger partial charge is 0.250 e. The van der Waals surface area contributed by atoms with Crippen molar-refractivity contribution in [3.63, 3.8) is 0 Å². The molecule has 126 valence electrons. The van der Waals surface area contributed by atoms with Crippen LogP contribution in [0.4, 0.5) is 11.4 Å². The maximum Gasteiger partial charge on any atom is 0.250 e. The Morgan fingerprint density at radius 1 is 1.25 bits per heavy atom. The molecule has 0 saturated heterocycles. The van der Waals surface area contributed by atoms with Gasteiger partial charge in [0.2, 0.25) is 0 Å². The van der Waals surface area contributed by atoms with E-state index in [0.717, 1.165) is 21.6 Å². The van der Waals surface area contributed by atoms with Crippen molar-refractivity contribution in [2.45, 2.75) is 13.8 Å². The lowest BCUT2D eigenvalue weighted by molar-refractivity contribution is -0.112. The van der Waals surface area contributed by atoms with Crippen molar-refractivity contribution in [1.82, 2.24) is 10.2 Å². The van der Waals surface area contributed by atoms with E-state index in [4.69, 9.17) is 17.3 Å². The Kier molecular flexibility index (Phi) is 5.21. The number of rotatable bonds is 2. The molecule has 0 atom stereocenters. The number of carbonyl (C=O) groups is 1. The van der Waals surface area contributed by atoms with Crippen LogP contribution in [-0.2, 0) is 4.79 Å². The quantitative estimate of drug-likeness (QED) is 0.275. The number of amides is 1. The molecule has 0 aliphatic heterocycles. The molecule has 3 aromatic rings. The minimum atomic E-state index is -0.276. The molecule has 0 fully saturated rings. The van der Waals surface area contributed by atoms with Crippen molar-refractivity contribution >= 4 is 39.9 Å². The summed E-state index contributed by atoms with van der Waals surface area (Å²) >= 11 is 5.68. The Morgan fingerprint density at radius 3 is 2.42 bits per heavy atom. The fraction of sp³-hybridized carbons (Fsp3) is 0.118. The van der Waals surface area contributed by atoms with Gasteiger partial charge in [0.05, 0.1) is 16.7 Å². The third-order valence-corrected chi connectivity index (χ3v) is 3.56. The highest BCUT2D eigenvalue weighted by Gasteiger charge is 2.07. The summed E-state index contributed by atoms with van der Waals surface area (Å²) in [4.78, 5) is 11.3. The fourth-order valence-electron chi connectivity index (χ4n) is 1.88. The monoisotopic (exact) mass is 346 g/mol. The van der Waals surface area contributed by atoms with Gasteiger partial charge in [-0.25, -0.2) is 0 Å². The van der Waals surface area contributed by atoms with Crippen LogP contribution in [0.3, 0.4) is 0 Å². The van der Waals surface area contributed by atoms with Crippen LogP contribution in [0.5, 0.6) is 5.75 Å². The van der Waals surface area contributed by atoms with Gasteiger partial charge in [-0.15, -0.1) is 0 Å². The van der Waals surface area contributed by atoms with Crippen LogP contribution in [0, 0.1) is 6.92 Å². The van der Waals surface area contributed by atoms with Gasteiger partial charge in [-0.05, 0) is 43.7 Å². The molecule has 0 bridgehead atoms. The SMILES string of the molecule is C=C(C)C(=O)Nc1cc(O)c(N)cc1C.Clc1ccc2[nH][nH]c2c1. The lowest BCUT2D eigenvalue weighted by atomic mass is 10.1. The van der Waals surface area contributed by atoms with E-state index < -0.39 is 0 Å². The van der Waals surface area contributed by atoms with Crippen LogP contribution in [-0.4, -0.2) is 21.2 Å². The zero-order valence-corrected chi connectivity index (χ0v) is 14.2. The molecule has 0 radical (unpaired) electrons. The molecule has 1 heterocycles. The Hall–Kier alpha value is -2.86. The molecular weight excluding hydrogens is 328 g/mol. The highest BCUT2D eigenvalue weighted by atomic mass is 35.5. The highest BCUT2D eigenvalue weighted by molar-refractivity contribution is 6.31. The highest BCUT2D eigenvalue weighted by Crippen LogP contribution is 2.27. The number of aryl methyl sites for hydroxylation is 1. The zero-order valence-electron chi connectivity index (χ0n) is 13.4. The van der Waals surface area contributed by atoms with Gasteiger partial charge < -0.3 is 16.2 Å². The average molecular weight is 347 g/mol. The van der Waals surface area contributed by atoms with Gasteiger partial charge >= 0.3 is 0 Å². The van der Waals surface area contributed by atoms with Gasteiger partial charge in [-0.2, -0.15) is 0 Å². The van der Waals surface area contributed by atoms with Gasteiger partial charge in [-0.1, -0.05) is 18.2 Å². The number of nitrogens with two attached hydrogens (primary N) is 1. The number of aromatic hydroxyl groups is 1. The molecule has 0 aliphatic rings. The standard InChI is InChI=1S/C11H14N2O2.C6H5ClN2/c1-6(2)11(15)13-9-5-10(14)8(12)4-7(9)3;7-4-1-2-5-6(3-4)9-8-5/h4-5,14H,1,12H2,2-3H3,(H,13,15);1-3,8-9H. The largest absolute Gasteiger partial charge is 0.506 e. The lowest BCUT2D eigenvalue weighted by Gasteiger charge is -2.10. The Labute approximate surface area is 144 Å². The number of aromatic nitrogens is 2. The van der Waals surface area contributed by atoms with Crippen molar-refractivity contribution in [3.8, 4) is 5.75 Å². The van der Waals surface area contributed by atoms with Gasteiger partial charge in [0.25, 0.3) is 5.91 Å². The van der Waals surface area contributed by atoms with Crippen LogP contribution < -0.4 is 11.1 Å². The number of fused-ring (bicyclic) bond motifs is 1. The number of anilines is 2. The summed E-state index contributed by atoms with van der Waals surface area (Å²) in [5, 5.41) is 18.6. The summed E-state index contributed by atoms with van der Waals surface area (Å²) in [5.41, 5.74) is 9.71. The first-order chi connectivity index (χ1) is 11.3. The zero-order chi connectivity index (χ0) is 17.9. The van der Waals surface area contributed by atoms with Crippen molar-refractivity contribution in [3.05, 3.63) is 53.1 Å². The summed E-state index contributed by atoms with van der Waals surface area (Å²) in [6.07, 6.45) is 0. The second-order valence-corrected chi connectivity index (χ2v) is 5.84. The van der Waals surface area contributed by atoms with Crippen molar-refractivity contribution in [2.24, 2.45) is 0 Å². The van der Waals surface area contributed by atoms with Gasteiger partial charge in [0.15, 0.2) is 0 Å². The van der Waals surface area contributed by atoms with E-state index >= 15 is 0 Å². The number of H-pyrrole nitrogens is 2. The average Bonchev–Trinajstić information content (AvgIpc) is 2.48. The van der Waals surface area contributed by atoms with Crippen LogP contribution in [0.2, 0.25) is 5.02 Å². The number of nitrogens with one attached hydrogen (secondary N) is 3. The van der Waals surface area contributed by atoms with E-state index in [1.807, 2.05) is 18.2 Å². The van der Waals surface area contributed by atoms with Crippen LogP contribution >= 0.6 is 11.6 Å². The Morgan fingerprint density at radius 2 is 1.92 bits per heavy atom. The molecule has 6 nitrogen and oxygen atoms in total. The van der Waals surface area contributed by atoms with E-state index in [1.165, 1.54) is 6.07 Å². The van der Waals surface area contributed by atoms with Crippen LogP contribution in [0.25, 0.3) is 11.0 Å². The summed E-state index contributed by atoms with van der Waals surface area (Å²) in [7, 11) is 0. The number of phenolic OH excluding ortho intramolecular Hbond substituents is 1. The summed E-state index contributed by atoms with van der Waals surface area (Å²) in [6.45, 7) is 6.93. The maximum atomic E-state index is 11.3. The Bertz CT molecular complexity index is 895. The van der Waals surface area contributed by atoms with Gasteiger partial charge in [0, 0.05) is 22.3 Å². The summed E-state index contributed by atoms with van der Waals surface area (Å²) in [6, 6.07) is 8.70. The second kappa shape index (κ2) is 7.14. The number of nitrogen functional groups attached to an aromatic ring is 1. The van der Waals surface area contributed by atoms with Crippen molar-refractivity contribution < 1.29 is 9.90 Å². The number of aromatic amines is 2. The minimum Gasteiger partial charge on any atom is -0.506 e. The second-order valence-electron chi connectivity index (χ2n) is 5.40. The molecule has 3 rings (SSSR count). The summed E-state index contributed by atoms with van der Waals surface area (Å²) < 4.78 is 0. The van der Waals surface area contributed by atoms with E-state index in [-0.39, 0.29) is 11.7 Å². The predicted octanol–water partition coefficient (Wildman–Crippen LogP) is 3.95. The molecule has 1 amide bonds. The molecule has 0 unspecified atom stereocenters. The molecule has 0 saturated carbocycles. The first-order valence-electron chi connectivity index (χ1n) is 7.15. The van der Waals surface area contributed by atoms with Crippen LogP contribution in [0.15, 0.2) is 42.5 Å². The van der Waals surface area contributed by atoms with E-state index in [1.54, 1.807) is 19.9 Å². The lowest BCUT2D eigenvalue weighted by Crippen LogP contribution is -2.12. The number of carbonyl (C=O) groups excluding carboxylic acids is 1. The first kappa shape index (κ1) is 17.5. The van der Waals surface area contributed by atoms with E-state index in [0.29, 0.717) is 16.9 Å². The molecule has 0 spiro atoms. The first-order valence-corrected chi connectivity index (χ1v) is 7.53. The number of hydrogen-bond acceptors (Lipinski definition) is 3. The molecule has 6 N–H and O–H groups in total. The number of halogens is 1. The molecule has 7 heteroatoms. The van der Waals surface area contributed by atoms with Gasteiger partial charge in [0.1, 0.15) is 5.75 Å². The van der Waals surface area contributed by atoms with Gasteiger partial charge in [-0.3, -0.25) is 15.0 Å². The summed E-state index contributed by atoms with van der Waals surface area (Å²) in [5.74, 6) is -0.320. The molecular formula is C17H19ClN4O2. The van der Waals surface area contributed by atoms with Crippen LogP contribution in [0.1, 0.15) is 12.5 Å². The maximum absolute atomic E-state index is 11.3. The number of phenols is 1. The Balaban J connectivity index is 0.000000194. The molecule has 24 heavy (non-hydrogen) atoms. The third-order valence-electron chi connectivity index (χ3n) is 3.32. The number of benzene rings is 2. The third kappa shape index (κ3) is 4.11. The minimum absolute atomic E-state index is 0.0439. The van der Waals surface area contributed by atoms with Crippen molar-refractivity contribution in [1.29, 1.82) is 0 Å².